The topological polar surface area (TPSA) is 732 Å². The molecule has 10 N–H and O–H groups in total. The molecule has 0 aliphatic rings. The van der Waals surface area contributed by atoms with Gasteiger partial charge in [-0.2, -0.15) is 0 Å². The average Bonchev–Trinajstić information content (AvgIpc) is 3.21. The molecule has 1 unspecified atom stereocenters. The third-order valence-electron chi connectivity index (χ3n) is 3.40. The first-order valence-corrected chi connectivity index (χ1v) is 16.2. The molecule has 0 amide bonds. The zero-order valence-electron chi connectivity index (χ0n) is 36.7. The molecule has 1 atom stereocenters. The van der Waals surface area contributed by atoms with E-state index in [0.717, 1.165) is 26.8 Å². The van der Waals surface area contributed by atoms with E-state index in [2.05, 4.69) is 30.7 Å². The molecule has 0 rings (SSSR count). The summed E-state index contributed by atoms with van der Waals surface area (Å²) in [5.74, 6) is -13.6. The molecule has 0 aromatic heterocycles. The van der Waals surface area contributed by atoms with Crippen LogP contribution in [0.4, 0.5) is 0 Å². The van der Waals surface area contributed by atoms with Crippen molar-refractivity contribution in [3.63, 3.8) is 0 Å². The molecule has 0 aliphatic carbocycles. The summed E-state index contributed by atoms with van der Waals surface area (Å²) in [6, 6.07) is 0. The highest BCUT2D eigenvalue weighted by molar-refractivity contribution is 5.79. The zero-order chi connectivity index (χ0) is 56.6. The van der Waals surface area contributed by atoms with Crippen LogP contribution in [-0.4, -0.2) is 157 Å². The number of Topliss-reactive ketones (excluding diaryl/α,β-unsaturated/α-hetero) is 1. The molecule has 418 valence electrons. The quantitative estimate of drug-likeness (QED) is 0.0184. The summed E-state index contributed by atoms with van der Waals surface area (Å²) in [6.07, 6.45) is -0.788. The van der Waals surface area contributed by atoms with E-state index >= 15 is 0 Å². The summed E-state index contributed by atoms with van der Waals surface area (Å²) in [4.78, 5) is 114. The van der Waals surface area contributed by atoms with Gasteiger partial charge in [0.05, 0.1) is 32.4 Å². The molecule has 0 saturated carbocycles. The first kappa shape index (κ1) is 100. The van der Waals surface area contributed by atoms with Gasteiger partial charge in [-0.25, -0.2) is 9.78 Å². The highest BCUT2D eigenvalue weighted by Gasteiger charge is 2.16. The summed E-state index contributed by atoms with van der Waals surface area (Å²) >= 11 is 0. The van der Waals surface area contributed by atoms with Gasteiger partial charge in [0.1, 0.15) is 5.78 Å². The molecule has 38 heteroatoms. The lowest BCUT2D eigenvalue weighted by atomic mass is 10.2. The Balaban J connectivity index is -0.0000000409. The van der Waals surface area contributed by atoms with Gasteiger partial charge >= 0.3 is 5.97 Å². The fraction of sp³-hybridized carbons (Fsp3) is 0.581. The second-order valence-electron chi connectivity index (χ2n) is 9.25. The maximum Gasteiger partial charge on any atom is 0.302 e. The van der Waals surface area contributed by atoms with Gasteiger partial charge in [0.15, 0.2) is 0 Å². The van der Waals surface area contributed by atoms with E-state index in [1.165, 1.54) is 13.8 Å². The number of carbonyl (C=O) groups excluding carboxylic acids is 11. The summed E-state index contributed by atoms with van der Waals surface area (Å²) < 4.78 is 8.58. The van der Waals surface area contributed by atoms with Gasteiger partial charge < -0.3 is 156 Å². The van der Waals surface area contributed by atoms with E-state index in [1.807, 2.05) is 0 Å². The van der Waals surface area contributed by atoms with Crippen LogP contribution < -0.4 is 61.7 Å². The number of ether oxygens (including phenoxy) is 2. The van der Waals surface area contributed by atoms with E-state index in [9.17, 15) is 74.3 Å². The average molecular weight is 1030 g/mol. The molecule has 0 aromatic carbocycles. The molecule has 0 saturated heterocycles. The number of hydrogen-bond acceptors (Lipinski definition) is 38. The van der Waals surface area contributed by atoms with Crippen molar-refractivity contribution in [3.8, 4) is 0 Å². The molecule has 0 heterocycles. The molecule has 0 bridgehead atoms. The second-order valence-corrected chi connectivity index (χ2v) is 9.25. The number of carboxylic acids is 9. The Morgan fingerprint density at radius 2 is 0.768 bits per heavy atom. The van der Waals surface area contributed by atoms with Crippen molar-refractivity contribution in [2.45, 2.75) is 85.5 Å². The Bertz CT molecular complexity index is 1150. The number of aliphatic carboxylic acids is 9. The summed E-state index contributed by atoms with van der Waals surface area (Å²) in [5.41, 5.74) is 0. The van der Waals surface area contributed by atoms with Crippen LogP contribution in [0, 0.1) is 0 Å². The van der Waals surface area contributed by atoms with Gasteiger partial charge in [0, 0.05) is 107 Å². The lowest BCUT2D eigenvalue weighted by Crippen LogP contribution is -2.38. The monoisotopic (exact) mass is 1030 g/mol. The fourth-order valence-electron chi connectivity index (χ4n) is 1.25. The van der Waals surface area contributed by atoms with Crippen LogP contribution in [-0.2, 0) is 76.9 Å². The van der Waals surface area contributed by atoms with Crippen molar-refractivity contribution in [2.24, 2.45) is 0 Å². The van der Waals surface area contributed by atoms with Gasteiger partial charge in [-0.3, -0.25) is 25.8 Å². The van der Waals surface area contributed by atoms with Crippen molar-refractivity contribution in [1.82, 2.24) is 0 Å². The van der Waals surface area contributed by atoms with Crippen molar-refractivity contribution >= 4 is 65.5 Å². The highest BCUT2D eigenvalue weighted by Crippen LogP contribution is 2.03. The molecule has 0 spiro atoms. The number of aliphatic hydroxyl groups excluding tert-OH is 1. The van der Waals surface area contributed by atoms with E-state index in [-0.39, 0.29) is 88.3 Å². The van der Waals surface area contributed by atoms with E-state index < -0.39 is 72.1 Å². The van der Waals surface area contributed by atoms with Gasteiger partial charge in [-0.15, -0.1) is 0 Å². The van der Waals surface area contributed by atoms with Crippen LogP contribution in [0.3, 0.4) is 0 Å². The molecule has 0 aromatic rings. The second kappa shape index (κ2) is 88.2. The van der Waals surface area contributed by atoms with E-state index in [0.29, 0.717) is 0 Å². The lowest BCUT2D eigenvalue weighted by Gasteiger charge is -2.26. The van der Waals surface area contributed by atoms with Crippen molar-refractivity contribution < 1.29 is 191 Å². The normalized spacial score (nSPS) is 8.58. The number of hydrogen-bond donors (Lipinski definition) is 8. The maximum absolute atomic E-state index is 10.1. The summed E-state index contributed by atoms with van der Waals surface area (Å²) in [7, 11) is 0. The Morgan fingerprint density at radius 3 is 0.899 bits per heavy atom. The number of aliphatic hydroxyl groups is 2. The SMILES string of the molecule is C=CC(=O)[O-].CC(=O)CCC(=O)[O-].CC(=O)OCCC(=O)[O-].CC(=O)[O-].CC(=O)[O-].CC(O)(O[O-])OCCC(=O)[O-].O=C([O-])CCO.O=C([O-])CCOO.O=C([O-])CCOO.OO.[O-]O.[O-]O.[OH-].[OH-]. The minimum Gasteiger partial charge on any atom is -0.870 e. The first-order chi connectivity index (χ1) is 30.8. The van der Waals surface area contributed by atoms with Crippen LogP contribution >= 0.6 is 0 Å². The number of carbonyl (C=O) groups is 11. The van der Waals surface area contributed by atoms with Crippen LogP contribution in [0.1, 0.15) is 79.6 Å². The Labute approximate surface area is 388 Å². The molecule has 0 radical (unpaired) electrons. The minimum atomic E-state index is -2.27. The van der Waals surface area contributed by atoms with Gasteiger partial charge in [-0.1, -0.05) is 6.58 Å². The lowest BCUT2D eigenvalue weighted by molar-refractivity contribution is -0.759. The van der Waals surface area contributed by atoms with Gasteiger partial charge in [0.2, 0.25) is 0 Å². The van der Waals surface area contributed by atoms with Crippen molar-refractivity contribution in [2.75, 3.05) is 33.0 Å². The highest BCUT2D eigenvalue weighted by atomic mass is 17.2. The number of ketones is 1. The molecule has 38 nitrogen and oxygen atoms in total. The van der Waals surface area contributed by atoms with Crippen LogP contribution in [0.25, 0.3) is 0 Å². The third kappa shape index (κ3) is 288. The predicted molar refractivity (Wildman–Crippen MR) is 183 cm³/mol. The molecular weight excluding hydrogens is 980 g/mol. The smallest absolute Gasteiger partial charge is 0.302 e. The minimum absolute atomic E-state index is 0. The first-order valence-electron chi connectivity index (χ1n) is 16.2. The Kier molecular flexibility index (Phi) is 128. The largest absolute Gasteiger partial charge is 0.870 e. The third-order valence-corrected chi connectivity index (χ3v) is 3.40. The van der Waals surface area contributed by atoms with E-state index in [4.69, 9.17) is 82.0 Å². The maximum atomic E-state index is 10.1. The van der Waals surface area contributed by atoms with E-state index in [1.54, 1.807) is 0 Å². The van der Waals surface area contributed by atoms with Crippen LogP contribution in [0.15, 0.2) is 12.7 Å². The van der Waals surface area contributed by atoms with Crippen LogP contribution in [0.5, 0.6) is 0 Å². The molecule has 0 fully saturated rings. The number of carboxylic acid groups (broad SMARTS) is 9. The molecule has 69 heavy (non-hydrogen) atoms. The predicted octanol–water partition coefficient (Wildman–Crippen LogP) is -16.0. The zero-order valence-corrected chi connectivity index (χ0v) is 36.7. The number of rotatable bonds is 20. The fourth-order valence-corrected chi connectivity index (χ4v) is 1.25. The van der Waals surface area contributed by atoms with Crippen molar-refractivity contribution in [3.05, 3.63) is 12.7 Å². The Morgan fingerprint density at radius 1 is 0.522 bits per heavy atom. The Hall–Kier alpha value is -6.57. The summed E-state index contributed by atoms with van der Waals surface area (Å²) in [6.45, 7) is 7.19. The van der Waals surface area contributed by atoms with Gasteiger partial charge in [-0.05, 0) is 33.3 Å². The molecule has 0 aliphatic heterocycles. The standard InChI is InChI=1S/C5H10O6.C5H8O4.C5H8O3.2C3H6O4.C3H6O3.C3H4O2.2C2H4O2.3H2O2.2H2O/c1-5(8,11-9)10-3-2-4(6)7;1-4(6)9-3-2-5(7)8;1-4(6)2-3-5(7)8;2*4-3(5)1-2-7-6;4-2-1-3(5)6;1-2-3(4)5;2*1-2(3)4;3*1-2;;/h8-9H,2-3H2,1H3,(H,6,7);2-3H2,1H3,(H,7,8);2-3H2,1H3,(H,7,8);2*6H,1-2H2,(H,4,5);4H,1-2H2,(H,5,6);2H,1H2,(H,4,5);2*1H3,(H,3,4);3*1-2H;2*1H2/p-14. The summed E-state index contributed by atoms with van der Waals surface area (Å²) in [5, 5.41) is 163. The molecular formula is C31H52O38-14. The van der Waals surface area contributed by atoms with Crippen LogP contribution in [0.2, 0.25) is 0 Å². The number of esters is 1. The van der Waals surface area contributed by atoms with Crippen molar-refractivity contribution in [1.29, 1.82) is 0 Å². The van der Waals surface area contributed by atoms with Gasteiger partial charge in [0.25, 0.3) is 5.97 Å².